The molecule has 166 valence electrons. The number of nitrogens with zero attached hydrogens (tertiary/aromatic N) is 3. The molecule has 32 heavy (non-hydrogen) atoms. The number of para-hydroxylation sites is 1. The van der Waals surface area contributed by atoms with Gasteiger partial charge in [0, 0.05) is 17.3 Å². The summed E-state index contributed by atoms with van der Waals surface area (Å²) in [6.45, 7) is 2.77. The Hall–Kier alpha value is -3.75. The SMILES string of the molecule is CCOC(=O)CN(C(=O)COC(=O)c1cc(C2CC2)nc2onc(C)c12)c1ccccc1. The highest BCUT2D eigenvalue weighted by molar-refractivity contribution is 6.05. The zero-order valence-corrected chi connectivity index (χ0v) is 17.9. The topological polar surface area (TPSA) is 112 Å². The lowest BCUT2D eigenvalue weighted by atomic mass is 10.1. The third-order valence-electron chi connectivity index (χ3n) is 5.14. The van der Waals surface area contributed by atoms with E-state index in [1.807, 2.05) is 0 Å². The summed E-state index contributed by atoms with van der Waals surface area (Å²) in [7, 11) is 0. The van der Waals surface area contributed by atoms with Gasteiger partial charge in [0.1, 0.15) is 6.54 Å². The minimum absolute atomic E-state index is 0.199. The summed E-state index contributed by atoms with van der Waals surface area (Å²) in [5, 5.41) is 4.37. The van der Waals surface area contributed by atoms with Gasteiger partial charge in [-0.2, -0.15) is 0 Å². The van der Waals surface area contributed by atoms with Gasteiger partial charge in [0.15, 0.2) is 6.61 Å². The van der Waals surface area contributed by atoms with Crippen LogP contribution in [-0.4, -0.2) is 47.7 Å². The highest BCUT2D eigenvalue weighted by Crippen LogP contribution is 2.40. The van der Waals surface area contributed by atoms with Crippen molar-refractivity contribution in [3.8, 4) is 0 Å². The number of aryl methyl sites for hydroxylation is 1. The zero-order valence-electron chi connectivity index (χ0n) is 17.9. The Kier molecular flexibility index (Phi) is 6.16. The molecule has 0 unspecified atom stereocenters. The van der Waals surface area contributed by atoms with E-state index in [1.165, 1.54) is 4.90 Å². The van der Waals surface area contributed by atoms with Crippen molar-refractivity contribution < 1.29 is 28.4 Å². The van der Waals surface area contributed by atoms with Crippen LogP contribution in [0.4, 0.5) is 5.69 Å². The van der Waals surface area contributed by atoms with E-state index in [0.29, 0.717) is 16.8 Å². The molecule has 1 aliphatic rings. The highest BCUT2D eigenvalue weighted by atomic mass is 16.5. The molecular formula is C23H23N3O6. The second-order valence-electron chi connectivity index (χ2n) is 7.51. The molecule has 0 atom stereocenters. The predicted octanol–water partition coefficient (Wildman–Crippen LogP) is 3.16. The van der Waals surface area contributed by atoms with E-state index < -0.39 is 24.5 Å². The van der Waals surface area contributed by atoms with Crippen LogP contribution in [0.1, 0.15) is 47.4 Å². The van der Waals surface area contributed by atoms with E-state index in [2.05, 4.69) is 10.1 Å². The van der Waals surface area contributed by atoms with Crippen molar-refractivity contribution in [1.29, 1.82) is 0 Å². The van der Waals surface area contributed by atoms with Gasteiger partial charge in [0.2, 0.25) is 0 Å². The van der Waals surface area contributed by atoms with Gasteiger partial charge in [0.25, 0.3) is 11.6 Å². The fourth-order valence-corrected chi connectivity index (χ4v) is 3.41. The first-order valence-electron chi connectivity index (χ1n) is 10.4. The van der Waals surface area contributed by atoms with Gasteiger partial charge < -0.3 is 14.0 Å². The molecule has 1 amide bonds. The first-order chi connectivity index (χ1) is 15.5. The Morgan fingerprint density at radius 1 is 1.16 bits per heavy atom. The molecule has 0 radical (unpaired) electrons. The number of carbonyl (C=O) groups excluding carboxylic acids is 3. The number of benzene rings is 1. The van der Waals surface area contributed by atoms with Crippen LogP contribution < -0.4 is 4.90 Å². The molecule has 9 heteroatoms. The molecule has 0 bridgehead atoms. The lowest BCUT2D eigenvalue weighted by Crippen LogP contribution is -2.39. The van der Waals surface area contributed by atoms with E-state index in [-0.39, 0.29) is 30.3 Å². The molecule has 1 aliphatic carbocycles. The molecule has 2 aromatic heterocycles. The maximum atomic E-state index is 12.9. The lowest BCUT2D eigenvalue weighted by molar-refractivity contribution is -0.142. The lowest BCUT2D eigenvalue weighted by Gasteiger charge is -2.21. The minimum Gasteiger partial charge on any atom is -0.465 e. The number of ether oxygens (including phenoxy) is 2. The van der Waals surface area contributed by atoms with Gasteiger partial charge in [0.05, 0.1) is 23.3 Å². The number of aromatic nitrogens is 2. The molecule has 4 rings (SSSR count). The van der Waals surface area contributed by atoms with Crippen LogP contribution in [0.2, 0.25) is 0 Å². The van der Waals surface area contributed by atoms with Gasteiger partial charge in [-0.15, -0.1) is 0 Å². The minimum atomic E-state index is -0.678. The normalized spacial score (nSPS) is 13.1. The first-order valence-corrected chi connectivity index (χ1v) is 10.4. The standard InChI is InChI=1S/C23H23N3O6/c1-3-30-20(28)12-26(16-7-5-4-6-8-16)19(27)13-31-23(29)17-11-18(15-9-10-15)24-22-21(17)14(2)25-32-22/h4-8,11,15H,3,9-10,12-13H2,1-2H3. The van der Waals surface area contributed by atoms with Crippen molar-refractivity contribution >= 4 is 34.6 Å². The number of hydrogen-bond donors (Lipinski definition) is 0. The van der Waals surface area contributed by atoms with Gasteiger partial charge in [-0.05, 0) is 44.9 Å². The van der Waals surface area contributed by atoms with Gasteiger partial charge in [-0.3, -0.25) is 14.5 Å². The average molecular weight is 437 g/mol. The van der Waals surface area contributed by atoms with Crippen LogP contribution in [0.3, 0.4) is 0 Å². The number of hydrogen-bond acceptors (Lipinski definition) is 8. The quantitative estimate of drug-likeness (QED) is 0.494. The van der Waals surface area contributed by atoms with Crippen molar-refractivity contribution in [3.05, 3.63) is 53.3 Å². The molecule has 0 N–H and O–H groups in total. The Labute approximate surface area is 184 Å². The van der Waals surface area contributed by atoms with Crippen molar-refractivity contribution in [2.75, 3.05) is 24.7 Å². The molecule has 1 saturated carbocycles. The van der Waals surface area contributed by atoms with E-state index in [1.54, 1.807) is 50.2 Å². The average Bonchev–Trinajstić information content (AvgIpc) is 3.59. The van der Waals surface area contributed by atoms with Crippen molar-refractivity contribution in [2.45, 2.75) is 32.6 Å². The van der Waals surface area contributed by atoms with Crippen LogP contribution in [-0.2, 0) is 19.1 Å². The number of fused-ring (bicyclic) bond motifs is 1. The number of rotatable bonds is 8. The largest absolute Gasteiger partial charge is 0.465 e. The van der Waals surface area contributed by atoms with Gasteiger partial charge in [-0.1, -0.05) is 23.4 Å². The number of pyridine rings is 1. The predicted molar refractivity (Wildman–Crippen MR) is 114 cm³/mol. The zero-order chi connectivity index (χ0) is 22.7. The second kappa shape index (κ2) is 9.17. The molecular weight excluding hydrogens is 414 g/mol. The highest BCUT2D eigenvalue weighted by Gasteiger charge is 2.29. The van der Waals surface area contributed by atoms with Crippen LogP contribution in [0.15, 0.2) is 40.9 Å². The van der Waals surface area contributed by atoms with E-state index >= 15 is 0 Å². The maximum absolute atomic E-state index is 12.9. The molecule has 1 fully saturated rings. The Morgan fingerprint density at radius 2 is 1.91 bits per heavy atom. The van der Waals surface area contributed by atoms with E-state index in [0.717, 1.165) is 18.5 Å². The molecule has 9 nitrogen and oxygen atoms in total. The third-order valence-corrected chi connectivity index (χ3v) is 5.14. The van der Waals surface area contributed by atoms with E-state index in [9.17, 15) is 14.4 Å². The summed E-state index contributed by atoms with van der Waals surface area (Å²) in [5.74, 6) is -1.49. The van der Waals surface area contributed by atoms with Gasteiger partial charge in [-0.25, -0.2) is 9.78 Å². The molecule has 1 aromatic carbocycles. The smallest absolute Gasteiger partial charge is 0.339 e. The number of carbonyl (C=O) groups is 3. The van der Waals surface area contributed by atoms with Crippen LogP contribution >= 0.6 is 0 Å². The number of anilines is 1. The first kappa shape index (κ1) is 21.5. The Bertz CT molecular complexity index is 1150. The maximum Gasteiger partial charge on any atom is 0.339 e. The summed E-state index contributed by atoms with van der Waals surface area (Å²) in [6, 6.07) is 10.3. The molecule has 0 aliphatic heterocycles. The third kappa shape index (κ3) is 4.61. The monoisotopic (exact) mass is 437 g/mol. The number of amides is 1. The second-order valence-corrected chi connectivity index (χ2v) is 7.51. The summed E-state index contributed by atoms with van der Waals surface area (Å²) >= 11 is 0. The number of esters is 2. The molecule has 2 heterocycles. The van der Waals surface area contributed by atoms with E-state index in [4.69, 9.17) is 14.0 Å². The van der Waals surface area contributed by atoms with Crippen LogP contribution in [0.25, 0.3) is 11.1 Å². The fraction of sp³-hybridized carbons (Fsp3) is 0.348. The van der Waals surface area contributed by atoms with Crippen LogP contribution in [0, 0.1) is 6.92 Å². The van der Waals surface area contributed by atoms with Gasteiger partial charge >= 0.3 is 11.9 Å². The summed E-state index contributed by atoms with van der Waals surface area (Å²) in [5.41, 5.74) is 2.30. The summed E-state index contributed by atoms with van der Waals surface area (Å²) < 4.78 is 15.6. The van der Waals surface area contributed by atoms with Crippen LogP contribution in [0.5, 0.6) is 0 Å². The molecule has 0 saturated heterocycles. The molecule has 3 aromatic rings. The summed E-state index contributed by atoms with van der Waals surface area (Å²) in [4.78, 5) is 43.5. The fourth-order valence-electron chi connectivity index (χ4n) is 3.41. The van der Waals surface area contributed by atoms with Crippen molar-refractivity contribution in [3.63, 3.8) is 0 Å². The Balaban J connectivity index is 1.53. The Morgan fingerprint density at radius 3 is 2.59 bits per heavy atom. The van der Waals surface area contributed by atoms with Crippen molar-refractivity contribution in [2.24, 2.45) is 0 Å². The van der Waals surface area contributed by atoms with Crippen molar-refractivity contribution in [1.82, 2.24) is 10.1 Å². The summed E-state index contributed by atoms with van der Waals surface area (Å²) in [6.07, 6.45) is 2.00. The molecule has 0 spiro atoms.